The highest BCUT2D eigenvalue weighted by molar-refractivity contribution is 9.10. The number of nitrogens with zero attached hydrogens (tertiary/aromatic N) is 4. The highest BCUT2D eigenvalue weighted by Gasteiger charge is 2.04. The Morgan fingerprint density at radius 3 is 2.93 bits per heavy atom. The maximum atomic E-state index is 5.43. The minimum Gasteiger partial charge on any atom is -0.423 e. The van der Waals surface area contributed by atoms with E-state index in [1.165, 1.54) is 4.68 Å². The van der Waals surface area contributed by atoms with Crippen LogP contribution in [0.2, 0.25) is 0 Å². The van der Waals surface area contributed by atoms with Crippen LogP contribution in [0.3, 0.4) is 0 Å². The van der Waals surface area contributed by atoms with Crippen molar-refractivity contribution in [3.8, 4) is 11.8 Å². The van der Waals surface area contributed by atoms with Crippen molar-refractivity contribution in [1.82, 2.24) is 20.2 Å². The number of hydrogen-bond donors (Lipinski definition) is 0. The van der Waals surface area contributed by atoms with Gasteiger partial charge in [0, 0.05) is 11.5 Å². The summed E-state index contributed by atoms with van der Waals surface area (Å²) in [5.41, 5.74) is 0. The molecule has 0 aliphatic heterocycles. The molecule has 0 aliphatic rings. The van der Waals surface area contributed by atoms with Crippen LogP contribution in [0.5, 0.6) is 11.8 Å². The molecule has 0 radical (unpaired) electrons. The first kappa shape index (κ1) is 9.14. The van der Waals surface area contributed by atoms with Crippen LogP contribution in [-0.2, 0) is 7.05 Å². The molecule has 5 nitrogen and oxygen atoms in total. The second kappa shape index (κ2) is 3.75. The molecule has 2 rings (SSSR count). The topological polar surface area (TPSA) is 52.8 Å². The zero-order chi connectivity index (χ0) is 9.97. The van der Waals surface area contributed by atoms with Gasteiger partial charge in [0.1, 0.15) is 5.75 Å². The summed E-state index contributed by atoms with van der Waals surface area (Å²) in [4.78, 5) is 0. The van der Waals surface area contributed by atoms with Crippen LogP contribution in [0.1, 0.15) is 0 Å². The summed E-state index contributed by atoms with van der Waals surface area (Å²) < 4.78 is 7.84. The second-order valence-corrected chi connectivity index (χ2v) is 3.56. The molecule has 0 fully saturated rings. The van der Waals surface area contributed by atoms with Crippen molar-refractivity contribution in [3.05, 3.63) is 28.7 Å². The molecule has 1 aromatic heterocycles. The minimum atomic E-state index is 0.364. The lowest BCUT2D eigenvalue weighted by Gasteiger charge is -2.02. The summed E-state index contributed by atoms with van der Waals surface area (Å²) in [5, 5.41) is 10.8. The van der Waals surface area contributed by atoms with Crippen LogP contribution in [0.15, 0.2) is 28.7 Å². The van der Waals surface area contributed by atoms with Crippen molar-refractivity contribution in [2.45, 2.75) is 0 Å². The molecule has 0 aliphatic carbocycles. The van der Waals surface area contributed by atoms with E-state index in [0.717, 1.165) is 4.47 Å². The van der Waals surface area contributed by atoms with E-state index >= 15 is 0 Å². The normalized spacial score (nSPS) is 10.1. The van der Waals surface area contributed by atoms with Crippen molar-refractivity contribution in [2.75, 3.05) is 0 Å². The summed E-state index contributed by atoms with van der Waals surface area (Å²) in [6, 6.07) is 7.84. The van der Waals surface area contributed by atoms with Gasteiger partial charge in [-0.25, -0.2) is 0 Å². The van der Waals surface area contributed by atoms with Gasteiger partial charge in [-0.05, 0) is 28.6 Å². The molecule has 0 unspecified atom stereocenters. The van der Waals surface area contributed by atoms with Crippen LogP contribution in [-0.4, -0.2) is 20.2 Å². The number of aryl methyl sites for hydroxylation is 1. The van der Waals surface area contributed by atoms with Crippen molar-refractivity contribution < 1.29 is 4.74 Å². The zero-order valence-electron chi connectivity index (χ0n) is 7.38. The third-order valence-electron chi connectivity index (χ3n) is 1.59. The first-order valence-electron chi connectivity index (χ1n) is 3.91. The summed E-state index contributed by atoms with van der Waals surface area (Å²) >= 11 is 3.35. The van der Waals surface area contributed by atoms with E-state index in [1.54, 1.807) is 7.05 Å². The van der Waals surface area contributed by atoms with Gasteiger partial charge in [0.2, 0.25) is 0 Å². The van der Waals surface area contributed by atoms with E-state index in [1.807, 2.05) is 24.3 Å². The summed E-state index contributed by atoms with van der Waals surface area (Å²) in [5.74, 6) is 0.692. The van der Waals surface area contributed by atoms with E-state index in [-0.39, 0.29) is 0 Å². The van der Waals surface area contributed by atoms with Gasteiger partial charge >= 0.3 is 6.01 Å². The quantitative estimate of drug-likeness (QED) is 0.820. The highest BCUT2D eigenvalue weighted by Crippen LogP contribution is 2.21. The Kier molecular flexibility index (Phi) is 2.45. The molecule has 0 saturated carbocycles. The number of aromatic nitrogens is 4. The molecule has 0 amide bonds. The Bertz CT molecular complexity index is 442. The second-order valence-electron chi connectivity index (χ2n) is 2.64. The first-order valence-corrected chi connectivity index (χ1v) is 4.71. The van der Waals surface area contributed by atoms with Gasteiger partial charge < -0.3 is 4.74 Å². The molecule has 0 bridgehead atoms. The summed E-state index contributed by atoms with van der Waals surface area (Å²) in [6.45, 7) is 0. The van der Waals surface area contributed by atoms with Crippen LogP contribution >= 0.6 is 15.9 Å². The Morgan fingerprint density at radius 1 is 1.43 bits per heavy atom. The molecule has 0 spiro atoms. The molecule has 2 aromatic rings. The van der Waals surface area contributed by atoms with E-state index < -0.39 is 0 Å². The Labute approximate surface area is 88.8 Å². The maximum Gasteiger partial charge on any atom is 0.340 e. The number of tetrazole rings is 1. The Balaban J connectivity index is 2.23. The van der Waals surface area contributed by atoms with E-state index in [9.17, 15) is 0 Å². The number of ether oxygens (including phenoxy) is 1. The molecular weight excluding hydrogens is 248 g/mol. The van der Waals surface area contributed by atoms with Gasteiger partial charge in [0.15, 0.2) is 0 Å². The lowest BCUT2D eigenvalue weighted by atomic mass is 10.3. The predicted octanol–water partition coefficient (Wildman–Crippen LogP) is 1.76. The number of halogens is 1. The summed E-state index contributed by atoms with van der Waals surface area (Å²) in [7, 11) is 1.72. The Morgan fingerprint density at radius 2 is 2.29 bits per heavy atom. The van der Waals surface area contributed by atoms with E-state index in [4.69, 9.17) is 4.74 Å². The number of benzene rings is 1. The zero-order valence-corrected chi connectivity index (χ0v) is 8.97. The maximum absolute atomic E-state index is 5.43. The minimum absolute atomic E-state index is 0.364. The van der Waals surface area contributed by atoms with Crippen molar-refractivity contribution in [2.24, 2.45) is 7.05 Å². The van der Waals surface area contributed by atoms with Gasteiger partial charge in [-0.1, -0.05) is 27.1 Å². The van der Waals surface area contributed by atoms with Crippen LogP contribution in [0, 0.1) is 0 Å². The SMILES string of the molecule is Cn1nnnc1Oc1cccc(Br)c1. The number of hydrogen-bond acceptors (Lipinski definition) is 4. The fourth-order valence-corrected chi connectivity index (χ4v) is 1.32. The van der Waals surface area contributed by atoms with E-state index in [2.05, 4.69) is 31.5 Å². The largest absolute Gasteiger partial charge is 0.423 e. The van der Waals surface area contributed by atoms with Crippen LogP contribution in [0.25, 0.3) is 0 Å². The molecule has 1 heterocycles. The molecule has 0 atom stereocenters. The van der Waals surface area contributed by atoms with Crippen molar-refractivity contribution in [3.63, 3.8) is 0 Å². The van der Waals surface area contributed by atoms with Crippen molar-refractivity contribution >= 4 is 15.9 Å². The molecule has 1 aromatic carbocycles. The van der Waals surface area contributed by atoms with Gasteiger partial charge in [0.25, 0.3) is 0 Å². The highest BCUT2D eigenvalue weighted by atomic mass is 79.9. The molecule has 0 N–H and O–H groups in total. The molecular formula is C8H7BrN4O. The first-order chi connectivity index (χ1) is 6.75. The Hall–Kier alpha value is -1.43. The molecule has 14 heavy (non-hydrogen) atoms. The number of rotatable bonds is 2. The summed E-state index contributed by atoms with van der Waals surface area (Å²) in [6.07, 6.45) is 0. The van der Waals surface area contributed by atoms with Gasteiger partial charge in [-0.2, -0.15) is 4.68 Å². The monoisotopic (exact) mass is 254 g/mol. The lowest BCUT2D eigenvalue weighted by molar-refractivity contribution is 0.414. The van der Waals surface area contributed by atoms with Gasteiger partial charge in [0.05, 0.1) is 0 Å². The van der Waals surface area contributed by atoms with E-state index in [0.29, 0.717) is 11.8 Å². The molecule has 6 heteroatoms. The smallest absolute Gasteiger partial charge is 0.340 e. The van der Waals surface area contributed by atoms with Gasteiger partial charge in [-0.3, -0.25) is 0 Å². The van der Waals surface area contributed by atoms with Crippen LogP contribution < -0.4 is 4.74 Å². The molecule has 0 saturated heterocycles. The van der Waals surface area contributed by atoms with Gasteiger partial charge in [-0.15, -0.1) is 0 Å². The predicted molar refractivity (Wildman–Crippen MR) is 53.0 cm³/mol. The average Bonchev–Trinajstić information content (AvgIpc) is 2.52. The fraction of sp³-hybridized carbons (Fsp3) is 0.125. The molecule has 72 valence electrons. The lowest BCUT2D eigenvalue weighted by Crippen LogP contribution is -1.95. The third-order valence-corrected chi connectivity index (χ3v) is 2.08. The van der Waals surface area contributed by atoms with Crippen molar-refractivity contribution in [1.29, 1.82) is 0 Å². The van der Waals surface area contributed by atoms with Crippen LogP contribution in [0.4, 0.5) is 0 Å². The standard InChI is InChI=1S/C8H7BrN4O/c1-13-8(10-11-12-13)14-7-4-2-3-6(9)5-7/h2-5H,1H3. The third kappa shape index (κ3) is 1.90. The fourth-order valence-electron chi connectivity index (χ4n) is 0.944. The average molecular weight is 255 g/mol.